The van der Waals surface area contributed by atoms with Crippen molar-refractivity contribution in [2.45, 2.75) is 39.0 Å². The van der Waals surface area contributed by atoms with E-state index in [4.69, 9.17) is 0 Å². The SMILES string of the molecule is C=CCNC(=O)C1(C)CCCCC1. The highest BCUT2D eigenvalue weighted by molar-refractivity contribution is 5.82. The summed E-state index contributed by atoms with van der Waals surface area (Å²) >= 11 is 0. The number of nitrogens with one attached hydrogen (secondary N) is 1. The van der Waals surface area contributed by atoms with Gasteiger partial charge in [-0.2, -0.15) is 0 Å². The molecule has 0 spiro atoms. The van der Waals surface area contributed by atoms with Gasteiger partial charge in [-0.3, -0.25) is 4.79 Å². The van der Waals surface area contributed by atoms with E-state index in [-0.39, 0.29) is 11.3 Å². The van der Waals surface area contributed by atoms with E-state index in [0.717, 1.165) is 12.8 Å². The van der Waals surface area contributed by atoms with Gasteiger partial charge in [-0.1, -0.05) is 32.3 Å². The van der Waals surface area contributed by atoms with E-state index in [1.165, 1.54) is 19.3 Å². The van der Waals surface area contributed by atoms with Gasteiger partial charge < -0.3 is 5.32 Å². The van der Waals surface area contributed by atoms with Crippen LogP contribution in [0, 0.1) is 5.41 Å². The highest BCUT2D eigenvalue weighted by atomic mass is 16.2. The monoisotopic (exact) mass is 181 g/mol. The van der Waals surface area contributed by atoms with Crippen LogP contribution in [0.25, 0.3) is 0 Å². The zero-order chi connectivity index (χ0) is 9.73. The van der Waals surface area contributed by atoms with E-state index in [0.29, 0.717) is 6.54 Å². The van der Waals surface area contributed by atoms with Crippen molar-refractivity contribution in [2.75, 3.05) is 6.54 Å². The minimum Gasteiger partial charge on any atom is -0.352 e. The molecule has 0 unspecified atom stereocenters. The fourth-order valence-electron chi connectivity index (χ4n) is 1.94. The maximum atomic E-state index is 11.7. The Kier molecular flexibility index (Phi) is 3.52. The van der Waals surface area contributed by atoms with Crippen LogP contribution in [0.5, 0.6) is 0 Å². The first-order valence-electron chi connectivity index (χ1n) is 5.08. The Hall–Kier alpha value is -0.790. The van der Waals surface area contributed by atoms with Gasteiger partial charge >= 0.3 is 0 Å². The smallest absolute Gasteiger partial charge is 0.226 e. The zero-order valence-corrected chi connectivity index (χ0v) is 8.44. The summed E-state index contributed by atoms with van der Waals surface area (Å²) in [6.07, 6.45) is 7.47. The molecule has 0 aliphatic heterocycles. The quantitative estimate of drug-likeness (QED) is 0.665. The van der Waals surface area contributed by atoms with Gasteiger partial charge in [0.05, 0.1) is 0 Å². The van der Waals surface area contributed by atoms with Gasteiger partial charge in [-0.25, -0.2) is 0 Å². The molecular formula is C11H19NO. The van der Waals surface area contributed by atoms with Crippen molar-refractivity contribution in [3.63, 3.8) is 0 Å². The van der Waals surface area contributed by atoms with Gasteiger partial charge in [-0.05, 0) is 12.8 Å². The Labute approximate surface area is 80.4 Å². The molecule has 0 aromatic heterocycles. The molecular weight excluding hydrogens is 162 g/mol. The highest BCUT2D eigenvalue weighted by Crippen LogP contribution is 2.35. The van der Waals surface area contributed by atoms with Gasteiger partial charge in [0.1, 0.15) is 0 Å². The molecule has 1 saturated carbocycles. The molecule has 1 N–H and O–H groups in total. The molecule has 0 bridgehead atoms. The fraction of sp³-hybridized carbons (Fsp3) is 0.727. The van der Waals surface area contributed by atoms with E-state index < -0.39 is 0 Å². The second kappa shape index (κ2) is 4.45. The normalized spacial score (nSPS) is 20.7. The van der Waals surface area contributed by atoms with Gasteiger partial charge in [-0.15, -0.1) is 6.58 Å². The maximum absolute atomic E-state index is 11.7. The highest BCUT2D eigenvalue weighted by Gasteiger charge is 2.33. The van der Waals surface area contributed by atoms with Crippen LogP contribution in [0.3, 0.4) is 0 Å². The number of carbonyl (C=O) groups is 1. The lowest BCUT2D eigenvalue weighted by Gasteiger charge is -2.31. The number of rotatable bonds is 3. The summed E-state index contributed by atoms with van der Waals surface area (Å²) in [5.74, 6) is 0.201. The molecule has 0 saturated heterocycles. The van der Waals surface area contributed by atoms with Crippen LogP contribution < -0.4 is 5.32 Å². The minimum absolute atomic E-state index is 0.110. The molecule has 1 fully saturated rings. The Morgan fingerprint density at radius 2 is 2.08 bits per heavy atom. The molecule has 2 heteroatoms. The van der Waals surface area contributed by atoms with Crippen LogP contribution in [0.4, 0.5) is 0 Å². The molecule has 13 heavy (non-hydrogen) atoms. The Morgan fingerprint density at radius 1 is 1.46 bits per heavy atom. The first-order chi connectivity index (χ1) is 6.19. The lowest BCUT2D eigenvalue weighted by Crippen LogP contribution is -2.40. The number of amides is 1. The summed E-state index contributed by atoms with van der Waals surface area (Å²) in [4.78, 5) is 11.7. The molecule has 0 aromatic carbocycles. The fourth-order valence-corrected chi connectivity index (χ4v) is 1.94. The first-order valence-corrected chi connectivity index (χ1v) is 5.08. The molecule has 0 radical (unpaired) electrons. The third-order valence-corrected chi connectivity index (χ3v) is 2.91. The number of hydrogen-bond donors (Lipinski definition) is 1. The van der Waals surface area contributed by atoms with Crippen LogP contribution in [0.2, 0.25) is 0 Å². The molecule has 1 aliphatic rings. The second-order valence-corrected chi connectivity index (χ2v) is 4.12. The Morgan fingerprint density at radius 3 is 2.62 bits per heavy atom. The standard InChI is InChI=1S/C11H19NO/c1-3-9-12-10(13)11(2)7-5-4-6-8-11/h3H,1,4-9H2,2H3,(H,12,13). The summed E-state index contributed by atoms with van der Waals surface area (Å²) in [7, 11) is 0. The molecule has 1 amide bonds. The molecule has 0 atom stereocenters. The molecule has 0 heterocycles. The minimum atomic E-state index is -0.110. The van der Waals surface area contributed by atoms with Crippen molar-refractivity contribution in [1.29, 1.82) is 0 Å². The van der Waals surface area contributed by atoms with Crippen LogP contribution in [0.1, 0.15) is 39.0 Å². The molecule has 0 aromatic rings. The first kappa shape index (κ1) is 10.3. The topological polar surface area (TPSA) is 29.1 Å². The van der Waals surface area contributed by atoms with Crippen molar-refractivity contribution in [3.05, 3.63) is 12.7 Å². The van der Waals surface area contributed by atoms with E-state index in [9.17, 15) is 4.79 Å². The summed E-state index contributed by atoms with van der Waals surface area (Å²) < 4.78 is 0. The average molecular weight is 181 g/mol. The molecule has 74 valence electrons. The van der Waals surface area contributed by atoms with Crippen LogP contribution >= 0.6 is 0 Å². The van der Waals surface area contributed by atoms with Gasteiger partial charge in [0.15, 0.2) is 0 Å². The van der Waals surface area contributed by atoms with Crippen LogP contribution in [-0.4, -0.2) is 12.5 Å². The largest absolute Gasteiger partial charge is 0.352 e. The van der Waals surface area contributed by atoms with Gasteiger partial charge in [0, 0.05) is 12.0 Å². The predicted molar refractivity (Wildman–Crippen MR) is 54.4 cm³/mol. The lowest BCUT2D eigenvalue weighted by atomic mass is 9.75. The molecule has 1 rings (SSSR count). The summed E-state index contributed by atoms with van der Waals surface area (Å²) in [5, 5.41) is 2.89. The van der Waals surface area contributed by atoms with Crippen molar-refractivity contribution in [1.82, 2.24) is 5.32 Å². The maximum Gasteiger partial charge on any atom is 0.226 e. The van der Waals surface area contributed by atoms with Crippen molar-refractivity contribution < 1.29 is 4.79 Å². The van der Waals surface area contributed by atoms with Crippen molar-refractivity contribution >= 4 is 5.91 Å². The van der Waals surface area contributed by atoms with E-state index in [1.807, 2.05) is 0 Å². The van der Waals surface area contributed by atoms with Crippen molar-refractivity contribution in [2.24, 2.45) is 5.41 Å². The van der Waals surface area contributed by atoms with E-state index >= 15 is 0 Å². The van der Waals surface area contributed by atoms with Crippen LogP contribution in [-0.2, 0) is 4.79 Å². The Balaban J connectivity index is 2.46. The average Bonchev–Trinajstić information content (AvgIpc) is 2.15. The van der Waals surface area contributed by atoms with E-state index in [2.05, 4.69) is 18.8 Å². The number of hydrogen-bond acceptors (Lipinski definition) is 1. The van der Waals surface area contributed by atoms with E-state index in [1.54, 1.807) is 6.08 Å². The molecule has 1 aliphatic carbocycles. The zero-order valence-electron chi connectivity index (χ0n) is 8.44. The van der Waals surface area contributed by atoms with Gasteiger partial charge in [0.25, 0.3) is 0 Å². The predicted octanol–water partition coefficient (Wildman–Crippen LogP) is 2.26. The third kappa shape index (κ3) is 2.58. The lowest BCUT2D eigenvalue weighted by molar-refractivity contribution is -0.131. The van der Waals surface area contributed by atoms with Crippen LogP contribution in [0.15, 0.2) is 12.7 Å². The molecule has 2 nitrogen and oxygen atoms in total. The van der Waals surface area contributed by atoms with Gasteiger partial charge in [0.2, 0.25) is 5.91 Å². The summed E-state index contributed by atoms with van der Waals surface area (Å²) in [6.45, 7) is 6.25. The Bertz CT molecular complexity index is 192. The third-order valence-electron chi connectivity index (χ3n) is 2.91. The summed E-state index contributed by atoms with van der Waals surface area (Å²) in [5.41, 5.74) is -0.110. The summed E-state index contributed by atoms with van der Waals surface area (Å²) in [6, 6.07) is 0. The second-order valence-electron chi connectivity index (χ2n) is 4.12. The number of carbonyl (C=O) groups excluding carboxylic acids is 1. The van der Waals surface area contributed by atoms with Crippen molar-refractivity contribution in [3.8, 4) is 0 Å².